The van der Waals surface area contributed by atoms with Gasteiger partial charge in [-0.2, -0.15) is 0 Å². The Balaban J connectivity index is 1.79. The number of rotatable bonds is 2. The molecule has 0 aliphatic carbocycles. The highest BCUT2D eigenvalue weighted by molar-refractivity contribution is 5.48. The lowest BCUT2D eigenvalue weighted by molar-refractivity contribution is 0.469. The van der Waals surface area contributed by atoms with Crippen molar-refractivity contribution in [3.8, 4) is 0 Å². The summed E-state index contributed by atoms with van der Waals surface area (Å²) in [7, 11) is 0. The van der Waals surface area contributed by atoms with Crippen LogP contribution in [0.5, 0.6) is 0 Å². The Labute approximate surface area is 117 Å². The van der Waals surface area contributed by atoms with Gasteiger partial charge in [0.2, 0.25) is 0 Å². The lowest BCUT2D eigenvalue weighted by atomic mass is 10.0. The molecule has 1 unspecified atom stereocenters. The van der Waals surface area contributed by atoms with E-state index in [9.17, 15) is 8.78 Å². The van der Waals surface area contributed by atoms with E-state index in [0.29, 0.717) is 0 Å². The average molecular weight is 274 g/mol. The van der Waals surface area contributed by atoms with Crippen LogP contribution in [-0.2, 0) is 0 Å². The van der Waals surface area contributed by atoms with E-state index in [1.165, 1.54) is 17.7 Å². The summed E-state index contributed by atoms with van der Waals surface area (Å²) < 4.78 is 26.3. The average Bonchev–Trinajstić information content (AvgIpc) is 2.51. The number of hydrogen-bond donors (Lipinski definition) is 1. The first-order valence-corrected chi connectivity index (χ1v) is 6.72. The fraction of sp³-hybridized carbons (Fsp3) is 0.250. The van der Waals surface area contributed by atoms with Gasteiger partial charge in [0.25, 0.3) is 0 Å². The minimum atomic E-state index is -0.802. The van der Waals surface area contributed by atoms with Crippen LogP contribution >= 0.6 is 0 Å². The molecule has 104 valence electrons. The van der Waals surface area contributed by atoms with Gasteiger partial charge in [-0.05, 0) is 17.7 Å². The number of benzene rings is 2. The summed E-state index contributed by atoms with van der Waals surface area (Å²) in [6.07, 6.45) is 0. The molecule has 1 heterocycles. The topological polar surface area (TPSA) is 15.3 Å². The van der Waals surface area contributed by atoms with Crippen molar-refractivity contribution in [2.45, 2.75) is 6.04 Å². The number of hydrogen-bond acceptors (Lipinski definition) is 2. The molecule has 1 atom stereocenters. The van der Waals surface area contributed by atoms with Crippen molar-refractivity contribution in [2.75, 3.05) is 24.5 Å². The fourth-order valence-corrected chi connectivity index (χ4v) is 2.57. The third kappa shape index (κ3) is 2.65. The Morgan fingerprint density at radius 2 is 1.80 bits per heavy atom. The summed E-state index contributed by atoms with van der Waals surface area (Å²) in [5.74, 6) is -1.60. The molecule has 1 N–H and O–H groups in total. The van der Waals surface area contributed by atoms with Crippen molar-refractivity contribution >= 4 is 5.69 Å². The number of nitrogens with zero attached hydrogens (tertiary/aromatic N) is 1. The van der Waals surface area contributed by atoms with E-state index in [1.54, 1.807) is 6.07 Å². The Morgan fingerprint density at radius 3 is 2.55 bits per heavy atom. The van der Waals surface area contributed by atoms with Crippen LogP contribution in [0.15, 0.2) is 48.5 Å². The van der Waals surface area contributed by atoms with Crippen LogP contribution in [0.1, 0.15) is 11.6 Å². The highest BCUT2D eigenvalue weighted by Crippen LogP contribution is 2.23. The quantitative estimate of drug-likeness (QED) is 0.905. The Hall–Kier alpha value is -1.94. The van der Waals surface area contributed by atoms with Gasteiger partial charge in [-0.25, -0.2) is 8.78 Å². The van der Waals surface area contributed by atoms with Gasteiger partial charge in [0.1, 0.15) is 0 Å². The lowest BCUT2D eigenvalue weighted by Crippen LogP contribution is -2.45. The largest absolute Gasteiger partial charge is 0.368 e. The summed E-state index contributed by atoms with van der Waals surface area (Å²) in [6.45, 7) is 2.35. The highest BCUT2D eigenvalue weighted by Gasteiger charge is 2.21. The highest BCUT2D eigenvalue weighted by atomic mass is 19.2. The van der Waals surface area contributed by atoms with Gasteiger partial charge in [-0.3, -0.25) is 0 Å². The standard InChI is InChI=1S/C16H16F2N2/c17-14-7-6-13(10-15(14)18)20-9-8-19-16(11-20)12-4-2-1-3-5-12/h1-7,10,16,19H,8-9,11H2. The van der Waals surface area contributed by atoms with Crippen LogP contribution in [-0.4, -0.2) is 19.6 Å². The van der Waals surface area contributed by atoms with Gasteiger partial charge in [0.15, 0.2) is 11.6 Å². The van der Waals surface area contributed by atoms with Crippen LogP contribution in [0.3, 0.4) is 0 Å². The molecule has 0 amide bonds. The molecule has 2 nitrogen and oxygen atoms in total. The smallest absolute Gasteiger partial charge is 0.160 e. The number of piperazine rings is 1. The van der Waals surface area contributed by atoms with Crippen LogP contribution in [0, 0.1) is 11.6 Å². The number of anilines is 1. The van der Waals surface area contributed by atoms with Gasteiger partial charge in [-0.1, -0.05) is 30.3 Å². The Bertz CT molecular complexity index is 586. The maximum atomic E-state index is 13.3. The van der Waals surface area contributed by atoms with Gasteiger partial charge in [-0.15, -0.1) is 0 Å². The summed E-state index contributed by atoms with van der Waals surface area (Å²) in [6, 6.07) is 14.4. The van der Waals surface area contributed by atoms with Crippen molar-refractivity contribution < 1.29 is 8.78 Å². The molecule has 1 saturated heterocycles. The molecule has 1 aliphatic heterocycles. The predicted octanol–water partition coefficient (Wildman–Crippen LogP) is 3.12. The molecule has 0 radical (unpaired) electrons. The van der Waals surface area contributed by atoms with E-state index in [0.717, 1.165) is 25.3 Å². The van der Waals surface area contributed by atoms with Crippen molar-refractivity contribution in [1.29, 1.82) is 0 Å². The lowest BCUT2D eigenvalue weighted by Gasteiger charge is -2.35. The summed E-state index contributed by atoms with van der Waals surface area (Å²) in [5, 5.41) is 3.45. The van der Waals surface area contributed by atoms with E-state index < -0.39 is 11.6 Å². The van der Waals surface area contributed by atoms with Crippen molar-refractivity contribution in [2.24, 2.45) is 0 Å². The molecule has 3 rings (SSSR count). The molecule has 20 heavy (non-hydrogen) atoms. The second-order valence-electron chi connectivity index (χ2n) is 4.96. The zero-order chi connectivity index (χ0) is 13.9. The van der Waals surface area contributed by atoms with Crippen LogP contribution in [0.25, 0.3) is 0 Å². The SMILES string of the molecule is Fc1ccc(N2CCNC(c3ccccc3)C2)cc1F. The third-order valence-corrected chi connectivity index (χ3v) is 3.65. The van der Waals surface area contributed by atoms with E-state index >= 15 is 0 Å². The van der Waals surface area contributed by atoms with Crippen molar-refractivity contribution in [1.82, 2.24) is 5.32 Å². The zero-order valence-electron chi connectivity index (χ0n) is 11.0. The second kappa shape index (κ2) is 5.59. The molecule has 1 fully saturated rings. The maximum Gasteiger partial charge on any atom is 0.160 e. The van der Waals surface area contributed by atoms with Gasteiger partial charge in [0, 0.05) is 37.4 Å². The maximum absolute atomic E-state index is 13.3. The Morgan fingerprint density at radius 1 is 1.00 bits per heavy atom. The third-order valence-electron chi connectivity index (χ3n) is 3.65. The minimum absolute atomic E-state index is 0.207. The predicted molar refractivity (Wildman–Crippen MR) is 75.8 cm³/mol. The Kier molecular flexibility index (Phi) is 3.65. The molecule has 0 spiro atoms. The van der Waals surface area contributed by atoms with Gasteiger partial charge in [0.05, 0.1) is 0 Å². The van der Waals surface area contributed by atoms with Crippen molar-refractivity contribution in [3.05, 3.63) is 65.7 Å². The van der Waals surface area contributed by atoms with E-state index in [4.69, 9.17) is 0 Å². The summed E-state index contributed by atoms with van der Waals surface area (Å²) in [5.41, 5.74) is 1.94. The van der Waals surface area contributed by atoms with Gasteiger partial charge >= 0.3 is 0 Å². The van der Waals surface area contributed by atoms with Crippen LogP contribution < -0.4 is 10.2 Å². The molecular formula is C16H16F2N2. The molecular weight excluding hydrogens is 258 g/mol. The molecule has 4 heteroatoms. The summed E-state index contributed by atoms with van der Waals surface area (Å²) in [4.78, 5) is 2.08. The van der Waals surface area contributed by atoms with Gasteiger partial charge < -0.3 is 10.2 Å². The van der Waals surface area contributed by atoms with E-state index in [-0.39, 0.29) is 6.04 Å². The van der Waals surface area contributed by atoms with Crippen LogP contribution in [0.2, 0.25) is 0 Å². The summed E-state index contributed by atoms with van der Waals surface area (Å²) >= 11 is 0. The minimum Gasteiger partial charge on any atom is -0.368 e. The molecule has 2 aromatic carbocycles. The first kappa shape index (κ1) is 13.1. The molecule has 0 bridgehead atoms. The van der Waals surface area contributed by atoms with Crippen molar-refractivity contribution in [3.63, 3.8) is 0 Å². The molecule has 0 saturated carbocycles. The molecule has 1 aliphatic rings. The number of nitrogens with one attached hydrogen (secondary N) is 1. The fourth-order valence-electron chi connectivity index (χ4n) is 2.57. The first-order chi connectivity index (χ1) is 9.74. The normalized spacial score (nSPS) is 19.1. The van der Waals surface area contributed by atoms with E-state index in [1.807, 2.05) is 18.2 Å². The zero-order valence-corrected chi connectivity index (χ0v) is 11.0. The monoisotopic (exact) mass is 274 g/mol. The second-order valence-corrected chi connectivity index (χ2v) is 4.96. The molecule has 2 aromatic rings. The van der Waals surface area contributed by atoms with E-state index in [2.05, 4.69) is 22.3 Å². The van der Waals surface area contributed by atoms with Crippen LogP contribution in [0.4, 0.5) is 14.5 Å². The first-order valence-electron chi connectivity index (χ1n) is 6.72. The molecule has 0 aromatic heterocycles. The number of halogens is 2.